The molecule has 1 aromatic rings. The summed E-state index contributed by atoms with van der Waals surface area (Å²) in [5.41, 5.74) is 1.92. The fourth-order valence-corrected chi connectivity index (χ4v) is 1.90. The standard InChI is InChI=1S/C12H14Cl3N/c1-7(8(2)16-3)6-9-10(13)4-5-11(14)12(9)15/h4-6,8,16H,1-3H3/b7-6+. The second kappa shape index (κ2) is 5.92. The lowest BCUT2D eigenvalue weighted by Gasteiger charge is -2.12. The summed E-state index contributed by atoms with van der Waals surface area (Å²) in [6.45, 7) is 4.09. The van der Waals surface area contributed by atoms with E-state index in [9.17, 15) is 0 Å². The van der Waals surface area contributed by atoms with Gasteiger partial charge in [-0.3, -0.25) is 0 Å². The molecular formula is C12H14Cl3N. The van der Waals surface area contributed by atoms with Gasteiger partial charge in [-0.15, -0.1) is 0 Å². The first-order valence-corrected chi connectivity index (χ1v) is 6.09. The van der Waals surface area contributed by atoms with Crippen LogP contribution in [0.3, 0.4) is 0 Å². The fourth-order valence-electron chi connectivity index (χ4n) is 1.26. The molecule has 0 radical (unpaired) electrons. The van der Waals surface area contributed by atoms with Gasteiger partial charge in [0.05, 0.1) is 10.0 Å². The van der Waals surface area contributed by atoms with Crippen LogP contribution in [0.15, 0.2) is 17.7 Å². The minimum Gasteiger partial charge on any atom is -0.314 e. The van der Waals surface area contributed by atoms with E-state index in [1.165, 1.54) is 0 Å². The molecule has 1 atom stereocenters. The minimum atomic E-state index is 0.270. The molecule has 1 aromatic carbocycles. The van der Waals surface area contributed by atoms with Crippen molar-refractivity contribution in [2.75, 3.05) is 7.05 Å². The van der Waals surface area contributed by atoms with Crippen molar-refractivity contribution >= 4 is 40.9 Å². The van der Waals surface area contributed by atoms with Crippen LogP contribution in [0.5, 0.6) is 0 Å². The molecule has 4 heteroatoms. The third-order valence-electron chi connectivity index (χ3n) is 2.57. The summed E-state index contributed by atoms with van der Waals surface area (Å²) in [5, 5.41) is 4.77. The van der Waals surface area contributed by atoms with Crippen molar-refractivity contribution in [1.82, 2.24) is 5.32 Å². The van der Waals surface area contributed by atoms with Crippen LogP contribution in [0.25, 0.3) is 6.08 Å². The highest BCUT2D eigenvalue weighted by Crippen LogP contribution is 2.33. The monoisotopic (exact) mass is 277 g/mol. The number of nitrogens with one attached hydrogen (secondary N) is 1. The summed E-state index contributed by atoms with van der Waals surface area (Å²) in [6, 6.07) is 3.71. The smallest absolute Gasteiger partial charge is 0.0679 e. The van der Waals surface area contributed by atoms with Gasteiger partial charge in [-0.05, 0) is 33.0 Å². The number of hydrogen-bond donors (Lipinski definition) is 1. The molecule has 0 saturated heterocycles. The van der Waals surface area contributed by atoms with Gasteiger partial charge < -0.3 is 5.32 Å². The third kappa shape index (κ3) is 3.14. The van der Waals surface area contributed by atoms with E-state index < -0.39 is 0 Å². The second-order valence-corrected chi connectivity index (χ2v) is 4.85. The number of hydrogen-bond acceptors (Lipinski definition) is 1. The van der Waals surface area contributed by atoms with Crippen molar-refractivity contribution < 1.29 is 0 Å². The quantitative estimate of drug-likeness (QED) is 0.793. The molecule has 16 heavy (non-hydrogen) atoms. The SMILES string of the molecule is CNC(C)/C(C)=C/c1c(Cl)ccc(Cl)c1Cl. The maximum absolute atomic E-state index is 6.11. The molecule has 0 aliphatic heterocycles. The average molecular weight is 279 g/mol. The first kappa shape index (κ1) is 13.9. The molecule has 0 aliphatic rings. The summed E-state index contributed by atoms with van der Waals surface area (Å²) in [4.78, 5) is 0. The molecule has 0 fully saturated rings. The highest BCUT2D eigenvalue weighted by molar-refractivity contribution is 6.44. The zero-order valence-electron chi connectivity index (χ0n) is 9.44. The molecule has 0 aromatic heterocycles. The molecular weight excluding hydrogens is 264 g/mol. The molecule has 1 unspecified atom stereocenters. The van der Waals surface area contributed by atoms with Gasteiger partial charge >= 0.3 is 0 Å². The number of benzene rings is 1. The Morgan fingerprint density at radius 3 is 2.38 bits per heavy atom. The Morgan fingerprint density at radius 2 is 1.81 bits per heavy atom. The topological polar surface area (TPSA) is 12.0 Å². The lowest BCUT2D eigenvalue weighted by Crippen LogP contribution is -2.21. The second-order valence-electron chi connectivity index (χ2n) is 3.66. The summed E-state index contributed by atoms with van der Waals surface area (Å²) < 4.78 is 0. The lowest BCUT2D eigenvalue weighted by molar-refractivity contribution is 0.696. The fraction of sp³-hybridized carbons (Fsp3) is 0.333. The highest BCUT2D eigenvalue weighted by atomic mass is 35.5. The Hall–Kier alpha value is -0.210. The van der Waals surface area contributed by atoms with Gasteiger partial charge in [0.25, 0.3) is 0 Å². The Kier molecular flexibility index (Phi) is 5.13. The van der Waals surface area contributed by atoms with Gasteiger partial charge in [-0.25, -0.2) is 0 Å². The Bertz CT molecular complexity index is 413. The van der Waals surface area contributed by atoms with Gasteiger partial charge in [0.15, 0.2) is 0 Å². The van der Waals surface area contributed by atoms with Gasteiger partial charge in [0, 0.05) is 16.6 Å². The zero-order valence-corrected chi connectivity index (χ0v) is 11.7. The maximum Gasteiger partial charge on any atom is 0.0679 e. The summed E-state index contributed by atoms with van der Waals surface area (Å²) in [6.07, 6.45) is 1.96. The van der Waals surface area contributed by atoms with Crippen molar-refractivity contribution in [1.29, 1.82) is 0 Å². The molecule has 88 valence electrons. The van der Waals surface area contributed by atoms with Crippen LogP contribution in [0.4, 0.5) is 0 Å². The van der Waals surface area contributed by atoms with Crippen LogP contribution in [-0.4, -0.2) is 13.1 Å². The van der Waals surface area contributed by atoms with Gasteiger partial charge in [0.1, 0.15) is 0 Å². The van der Waals surface area contributed by atoms with Crippen molar-refractivity contribution in [3.05, 3.63) is 38.3 Å². The summed E-state index contributed by atoms with van der Waals surface area (Å²) in [7, 11) is 1.91. The van der Waals surface area contributed by atoms with Crippen LogP contribution in [0.2, 0.25) is 15.1 Å². The predicted molar refractivity (Wildman–Crippen MR) is 73.6 cm³/mol. The molecule has 0 aliphatic carbocycles. The van der Waals surface area contributed by atoms with Gasteiger partial charge in [-0.2, -0.15) is 0 Å². The van der Waals surface area contributed by atoms with Crippen LogP contribution < -0.4 is 5.32 Å². The van der Waals surface area contributed by atoms with Crippen molar-refractivity contribution in [3.8, 4) is 0 Å². The predicted octanol–water partition coefficient (Wildman–Crippen LogP) is 4.66. The van der Waals surface area contributed by atoms with Crippen LogP contribution >= 0.6 is 34.8 Å². The van der Waals surface area contributed by atoms with Crippen LogP contribution in [-0.2, 0) is 0 Å². The first-order chi connectivity index (χ1) is 7.47. The molecule has 1 rings (SSSR count). The van der Waals surface area contributed by atoms with E-state index in [0.717, 1.165) is 11.1 Å². The molecule has 0 spiro atoms. The van der Waals surface area contributed by atoms with Gasteiger partial charge in [-0.1, -0.05) is 46.5 Å². The largest absolute Gasteiger partial charge is 0.314 e. The molecule has 0 bridgehead atoms. The molecule has 0 heterocycles. The third-order valence-corrected chi connectivity index (χ3v) is 3.72. The van der Waals surface area contributed by atoms with E-state index in [1.54, 1.807) is 12.1 Å². The van der Waals surface area contributed by atoms with Crippen molar-refractivity contribution in [2.45, 2.75) is 19.9 Å². The van der Waals surface area contributed by atoms with Crippen LogP contribution in [0.1, 0.15) is 19.4 Å². The zero-order chi connectivity index (χ0) is 12.3. The average Bonchev–Trinajstić information content (AvgIpc) is 2.28. The van der Waals surface area contributed by atoms with E-state index in [2.05, 4.69) is 12.2 Å². The van der Waals surface area contributed by atoms with E-state index in [4.69, 9.17) is 34.8 Å². The minimum absolute atomic E-state index is 0.270. The van der Waals surface area contributed by atoms with Crippen LogP contribution in [0, 0.1) is 0 Å². The number of likely N-dealkylation sites (N-methyl/N-ethyl adjacent to an activating group) is 1. The summed E-state index contributed by atoms with van der Waals surface area (Å²) in [5.74, 6) is 0. The molecule has 1 N–H and O–H groups in total. The first-order valence-electron chi connectivity index (χ1n) is 4.96. The Morgan fingerprint density at radius 1 is 1.25 bits per heavy atom. The maximum atomic E-state index is 6.11. The van der Waals surface area contributed by atoms with Crippen molar-refractivity contribution in [2.24, 2.45) is 0 Å². The number of halogens is 3. The van der Waals surface area contributed by atoms with E-state index in [0.29, 0.717) is 15.1 Å². The van der Waals surface area contributed by atoms with E-state index in [1.807, 2.05) is 20.0 Å². The van der Waals surface area contributed by atoms with Crippen molar-refractivity contribution in [3.63, 3.8) is 0 Å². The molecule has 0 saturated carbocycles. The summed E-state index contributed by atoms with van der Waals surface area (Å²) >= 11 is 18.1. The lowest BCUT2D eigenvalue weighted by atomic mass is 10.1. The highest BCUT2D eigenvalue weighted by Gasteiger charge is 2.09. The van der Waals surface area contributed by atoms with Gasteiger partial charge in [0.2, 0.25) is 0 Å². The normalized spacial score (nSPS) is 14.0. The molecule has 1 nitrogen and oxygen atoms in total. The number of rotatable bonds is 3. The van der Waals surface area contributed by atoms with E-state index >= 15 is 0 Å². The Labute approximate surface area is 111 Å². The Balaban J connectivity index is 3.19. The van der Waals surface area contributed by atoms with E-state index in [-0.39, 0.29) is 6.04 Å². The molecule has 0 amide bonds.